The minimum atomic E-state index is -4.79. The molecule has 3 aromatic rings. The van der Waals surface area contributed by atoms with Gasteiger partial charge in [-0.3, -0.25) is 14.6 Å². The Morgan fingerprint density at radius 2 is 2.03 bits per heavy atom. The van der Waals surface area contributed by atoms with Crippen molar-refractivity contribution in [3.05, 3.63) is 35.7 Å². The average Bonchev–Trinajstić information content (AvgIpc) is 3.33. The number of fused-ring (bicyclic) bond motifs is 1. The molecule has 32 heavy (non-hydrogen) atoms. The van der Waals surface area contributed by atoms with Crippen LogP contribution in [0.5, 0.6) is 5.75 Å². The number of aromatic nitrogens is 2. The summed E-state index contributed by atoms with van der Waals surface area (Å²) in [5.74, 6) is -0.237. The maximum absolute atomic E-state index is 13.1. The molecule has 1 aliphatic rings. The molecule has 0 aliphatic carbocycles. The Kier molecular flexibility index (Phi) is 7.59. The van der Waals surface area contributed by atoms with Crippen LogP contribution in [0.25, 0.3) is 10.2 Å². The summed E-state index contributed by atoms with van der Waals surface area (Å²) in [6.07, 6.45) is -4.79. The number of hydrogen-bond donors (Lipinski definition) is 0. The van der Waals surface area contributed by atoms with Crippen molar-refractivity contribution in [2.24, 2.45) is 0 Å². The number of benzene rings is 1. The highest BCUT2D eigenvalue weighted by molar-refractivity contribution is 7.22. The molecule has 2 aromatic heterocycles. The lowest BCUT2D eigenvalue weighted by Crippen LogP contribution is -2.43. The van der Waals surface area contributed by atoms with Crippen molar-refractivity contribution in [1.29, 1.82) is 0 Å². The molecule has 13 heteroatoms. The number of rotatable bonds is 6. The highest BCUT2D eigenvalue weighted by Crippen LogP contribution is 2.33. The van der Waals surface area contributed by atoms with Crippen molar-refractivity contribution < 1.29 is 32.0 Å². The fraction of sp³-hybridized carbons (Fsp3) is 0.421. The number of thiazole rings is 1. The van der Waals surface area contributed by atoms with Crippen molar-refractivity contribution in [2.45, 2.75) is 13.3 Å². The summed E-state index contributed by atoms with van der Waals surface area (Å²) in [5, 5.41) is 4.16. The maximum atomic E-state index is 13.1. The first-order valence-corrected chi connectivity index (χ1v) is 10.3. The molecule has 0 spiro atoms. The predicted molar refractivity (Wildman–Crippen MR) is 114 cm³/mol. The Hall–Kier alpha value is -2.41. The molecule has 1 aliphatic heterocycles. The van der Waals surface area contributed by atoms with E-state index in [1.807, 2.05) is 0 Å². The molecule has 1 amide bonds. The second-order valence-electron chi connectivity index (χ2n) is 6.91. The second kappa shape index (κ2) is 10.0. The van der Waals surface area contributed by atoms with Gasteiger partial charge >= 0.3 is 6.36 Å². The summed E-state index contributed by atoms with van der Waals surface area (Å²) in [6, 6.07) is 5.42. The molecule has 1 saturated heterocycles. The number of ether oxygens (including phenoxy) is 2. The summed E-state index contributed by atoms with van der Waals surface area (Å²) < 4.78 is 52.4. The van der Waals surface area contributed by atoms with Crippen molar-refractivity contribution >= 4 is 45.0 Å². The molecule has 0 bridgehead atoms. The van der Waals surface area contributed by atoms with E-state index in [4.69, 9.17) is 9.26 Å². The Bertz CT molecular complexity index is 1070. The van der Waals surface area contributed by atoms with E-state index in [1.54, 1.807) is 6.92 Å². The zero-order valence-corrected chi connectivity index (χ0v) is 18.6. The van der Waals surface area contributed by atoms with E-state index in [0.717, 1.165) is 24.4 Å². The number of halogens is 4. The van der Waals surface area contributed by atoms with Crippen LogP contribution in [-0.4, -0.2) is 66.7 Å². The third kappa shape index (κ3) is 5.88. The summed E-state index contributed by atoms with van der Waals surface area (Å²) in [6.45, 7) is 5.35. The largest absolute Gasteiger partial charge is 0.573 e. The van der Waals surface area contributed by atoms with Gasteiger partial charge in [0.1, 0.15) is 11.5 Å². The lowest BCUT2D eigenvalue weighted by atomic mass is 10.3. The summed E-state index contributed by atoms with van der Waals surface area (Å²) >= 11 is 1.11. The van der Waals surface area contributed by atoms with E-state index in [0.29, 0.717) is 47.4 Å². The minimum Gasteiger partial charge on any atom is -0.406 e. The standard InChI is InChI=1S/C19H19F3N4O4S.ClH/c1-12-10-15(24-30-12)17(27)26(5-4-25-6-8-28-9-7-25)18-23-14-3-2-13(11-16(14)31-18)29-19(20,21)22;/h2-3,10-11H,4-9H2,1H3;1H. The summed E-state index contributed by atoms with van der Waals surface area (Å²) in [4.78, 5) is 21.2. The summed E-state index contributed by atoms with van der Waals surface area (Å²) in [5.41, 5.74) is 0.606. The first kappa shape index (κ1) is 24.2. The highest BCUT2D eigenvalue weighted by atomic mass is 35.5. The SMILES string of the molecule is Cc1cc(C(=O)N(CCN2CCOCC2)c2nc3ccc(OC(F)(F)F)cc3s2)no1.Cl. The van der Waals surface area contributed by atoms with E-state index in [9.17, 15) is 18.0 Å². The molecule has 1 aromatic carbocycles. The predicted octanol–water partition coefficient (Wildman–Crippen LogP) is 3.89. The lowest BCUT2D eigenvalue weighted by Gasteiger charge is -2.28. The Morgan fingerprint density at radius 1 is 1.28 bits per heavy atom. The van der Waals surface area contributed by atoms with Crippen molar-refractivity contribution in [3.63, 3.8) is 0 Å². The zero-order chi connectivity index (χ0) is 22.0. The molecular weight excluding hydrogens is 473 g/mol. The Labute approximate surface area is 191 Å². The van der Waals surface area contributed by atoms with Gasteiger partial charge < -0.3 is 14.0 Å². The lowest BCUT2D eigenvalue weighted by molar-refractivity contribution is -0.274. The fourth-order valence-corrected chi connectivity index (χ4v) is 4.18. The van der Waals surface area contributed by atoms with Gasteiger partial charge in [0.2, 0.25) is 0 Å². The van der Waals surface area contributed by atoms with Crippen LogP contribution in [0.3, 0.4) is 0 Å². The van der Waals surface area contributed by atoms with Crippen LogP contribution in [0.2, 0.25) is 0 Å². The highest BCUT2D eigenvalue weighted by Gasteiger charge is 2.31. The second-order valence-corrected chi connectivity index (χ2v) is 7.92. The number of nitrogens with zero attached hydrogens (tertiary/aromatic N) is 4. The third-order valence-corrected chi connectivity index (χ3v) is 5.69. The van der Waals surface area contributed by atoms with Crippen LogP contribution in [0, 0.1) is 6.92 Å². The van der Waals surface area contributed by atoms with Crippen LogP contribution >= 0.6 is 23.7 Å². The zero-order valence-electron chi connectivity index (χ0n) is 16.9. The molecule has 4 rings (SSSR count). The number of alkyl halides is 3. The van der Waals surface area contributed by atoms with Crippen LogP contribution in [0.1, 0.15) is 16.2 Å². The molecule has 1 fully saturated rings. The molecule has 0 radical (unpaired) electrons. The fourth-order valence-electron chi connectivity index (χ4n) is 3.16. The molecule has 0 unspecified atom stereocenters. The van der Waals surface area contributed by atoms with Gasteiger partial charge in [0.25, 0.3) is 5.91 Å². The number of amides is 1. The number of morpholine rings is 1. The van der Waals surface area contributed by atoms with Gasteiger partial charge in [-0.1, -0.05) is 16.5 Å². The van der Waals surface area contributed by atoms with E-state index in [1.165, 1.54) is 29.2 Å². The maximum Gasteiger partial charge on any atom is 0.573 e. The topological polar surface area (TPSA) is 80.9 Å². The minimum absolute atomic E-state index is 0. The van der Waals surface area contributed by atoms with Crippen LogP contribution in [0.15, 0.2) is 28.8 Å². The molecule has 3 heterocycles. The molecule has 0 N–H and O–H groups in total. The number of aryl methyl sites for hydroxylation is 1. The first-order chi connectivity index (χ1) is 14.8. The molecule has 8 nitrogen and oxygen atoms in total. The van der Waals surface area contributed by atoms with E-state index in [-0.39, 0.29) is 23.9 Å². The van der Waals surface area contributed by atoms with Gasteiger partial charge in [0.05, 0.1) is 23.4 Å². The van der Waals surface area contributed by atoms with E-state index in [2.05, 4.69) is 19.8 Å². The smallest absolute Gasteiger partial charge is 0.406 e. The number of hydrogen-bond acceptors (Lipinski definition) is 8. The van der Waals surface area contributed by atoms with E-state index >= 15 is 0 Å². The Morgan fingerprint density at radius 3 is 2.69 bits per heavy atom. The van der Waals surface area contributed by atoms with Crippen molar-refractivity contribution in [1.82, 2.24) is 15.0 Å². The number of carbonyl (C=O) groups is 1. The first-order valence-electron chi connectivity index (χ1n) is 9.50. The molecule has 0 saturated carbocycles. The van der Waals surface area contributed by atoms with Gasteiger partial charge in [0.15, 0.2) is 10.8 Å². The Balaban J connectivity index is 0.00000289. The normalized spacial score (nSPS) is 14.9. The van der Waals surface area contributed by atoms with Gasteiger partial charge in [-0.25, -0.2) is 4.98 Å². The molecule has 174 valence electrons. The average molecular weight is 493 g/mol. The molecule has 0 atom stereocenters. The summed E-state index contributed by atoms with van der Waals surface area (Å²) in [7, 11) is 0. The monoisotopic (exact) mass is 492 g/mol. The number of anilines is 1. The third-order valence-electron chi connectivity index (χ3n) is 4.65. The van der Waals surface area contributed by atoms with Gasteiger partial charge in [-0.2, -0.15) is 0 Å². The van der Waals surface area contributed by atoms with E-state index < -0.39 is 12.3 Å². The van der Waals surface area contributed by atoms with Crippen LogP contribution in [0.4, 0.5) is 18.3 Å². The van der Waals surface area contributed by atoms with Gasteiger partial charge in [-0.15, -0.1) is 25.6 Å². The molecular formula is C19H20ClF3N4O4S. The van der Waals surface area contributed by atoms with Crippen LogP contribution in [-0.2, 0) is 4.74 Å². The van der Waals surface area contributed by atoms with Gasteiger partial charge in [-0.05, 0) is 19.1 Å². The quantitative estimate of drug-likeness (QED) is 0.516. The number of carbonyl (C=O) groups excluding carboxylic acids is 1. The van der Waals surface area contributed by atoms with Crippen molar-refractivity contribution in [3.8, 4) is 5.75 Å². The van der Waals surface area contributed by atoms with Crippen LogP contribution < -0.4 is 9.64 Å². The van der Waals surface area contributed by atoms with Crippen molar-refractivity contribution in [2.75, 3.05) is 44.3 Å². The van der Waals surface area contributed by atoms with Gasteiger partial charge in [0, 0.05) is 38.3 Å².